The predicted molar refractivity (Wildman–Crippen MR) is 111 cm³/mol. The fourth-order valence-corrected chi connectivity index (χ4v) is 3.83. The highest BCUT2D eigenvalue weighted by atomic mass is 35.5. The van der Waals surface area contributed by atoms with Crippen LogP contribution in [-0.4, -0.2) is 25.8 Å². The minimum Gasteiger partial charge on any atom is -0.497 e. The molecule has 4 rings (SSSR count). The summed E-state index contributed by atoms with van der Waals surface area (Å²) < 4.78 is 10.6. The van der Waals surface area contributed by atoms with E-state index in [4.69, 9.17) is 21.1 Å². The van der Waals surface area contributed by atoms with E-state index in [1.165, 1.54) is 7.11 Å². The van der Waals surface area contributed by atoms with Gasteiger partial charge in [-0.05, 0) is 35.9 Å². The van der Waals surface area contributed by atoms with E-state index in [9.17, 15) is 9.59 Å². The molecular formula is C23H18ClNO4. The lowest BCUT2D eigenvalue weighted by Gasteiger charge is -2.30. The van der Waals surface area contributed by atoms with Crippen molar-refractivity contribution < 1.29 is 19.1 Å². The highest BCUT2D eigenvalue weighted by Crippen LogP contribution is 2.43. The summed E-state index contributed by atoms with van der Waals surface area (Å²) in [4.78, 5) is 27.2. The monoisotopic (exact) mass is 407 g/mol. The summed E-state index contributed by atoms with van der Waals surface area (Å²) in [6.45, 7) is 0. The van der Waals surface area contributed by atoms with Crippen molar-refractivity contribution in [3.05, 3.63) is 88.4 Å². The number of methoxy groups -OCH3 is 2. The Hall–Kier alpha value is -3.31. The van der Waals surface area contributed by atoms with E-state index >= 15 is 0 Å². The Morgan fingerprint density at radius 3 is 2.00 bits per heavy atom. The first-order valence-electron chi connectivity index (χ1n) is 8.96. The van der Waals surface area contributed by atoms with Crippen LogP contribution >= 0.6 is 11.6 Å². The van der Waals surface area contributed by atoms with Crippen LogP contribution in [0.1, 0.15) is 26.3 Å². The van der Waals surface area contributed by atoms with Crippen LogP contribution in [0.15, 0.2) is 66.7 Å². The van der Waals surface area contributed by atoms with E-state index in [1.54, 1.807) is 73.8 Å². The van der Waals surface area contributed by atoms with E-state index in [0.717, 1.165) is 0 Å². The Morgan fingerprint density at radius 1 is 0.828 bits per heavy atom. The van der Waals surface area contributed by atoms with Crippen LogP contribution in [0.4, 0.5) is 5.69 Å². The highest BCUT2D eigenvalue weighted by molar-refractivity contribution is 6.34. The molecule has 6 heteroatoms. The first kappa shape index (κ1) is 19.0. The molecule has 0 saturated heterocycles. The highest BCUT2D eigenvalue weighted by Gasteiger charge is 2.54. The summed E-state index contributed by atoms with van der Waals surface area (Å²) in [7, 11) is 3.07. The van der Waals surface area contributed by atoms with Gasteiger partial charge < -0.3 is 14.8 Å². The smallest absolute Gasteiger partial charge is 0.201 e. The first-order valence-corrected chi connectivity index (χ1v) is 9.34. The molecule has 0 bridgehead atoms. The van der Waals surface area contributed by atoms with Gasteiger partial charge in [0.1, 0.15) is 11.5 Å². The third-order valence-electron chi connectivity index (χ3n) is 5.10. The molecule has 1 aliphatic carbocycles. The van der Waals surface area contributed by atoms with Crippen molar-refractivity contribution in [1.29, 1.82) is 0 Å². The zero-order valence-electron chi connectivity index (χ0n) is 15.9. The molecule has 0 aliphatic heterocycles. The normalized spacial score (nSPS) is 14.4. The number of carbonyl (C=O) groups is 2. The van der Waals surface area contributed by atoms with E-state index in [2.05, 4.69) is 5.32 Å². The van der Waals surface area contributed by atoms with Gasteiger partial charge in [0.25, 0.3) is 0 Å². The summed E-state index contributed by atoms with van der Waals surface area (Å²) in [6.07, 6.45) is 0. The van der Waals surface area contributed by atoms with Gasteiger partial charge in [0.05, 0.1) is 19.9 Å². The van der Waals surface area contributed by atoms with Crippen molar-refractivity contribution in [3.8, 4) is 11.5 Å². The molecule has 5 nitrogen and oxygen atoms in total. The van der Waals surface area contributed by atoms with Crippen molar-refractivity contribution in [1.82, 2.24) is 0 Å². The third-order valence-corrected chi connectivity index (χ3v) is 5.34. The van der Waals surface area contributed by atoms with Gasteiger partial charge in [0.15, 0.2) is 5.54 Å². The summed E-state index contributed by atoms with van der Waals surface area (Å²) >= 11 is 6.17. The lowest BCUT2D eigenvalue weighted by molar-refractivity contribution is 0.0818. The van der Waals surface area contributed by atoms with Gasteiger partial charge in [-0.3, -0.25) is 9.59 Å². The van der Waals surface area contributed by atoms with Crippen LogP contribution < -0.4 is 14.8 Å². The van der Waals surface area contributed by atoms with Gasteiger partial charge in [0, 0.05) is 16.1 Å². The van der Waals surface area contributed by atoms with Crippen molar-refractivity contribution >= 4 is 28.9 Å². The predicted octanol–water partition coefficient (Wildman–Crippen LogP) is 4.74. The quantitative estimate of drug-likeness (QED) is 0.618. The first-order chi connectivity index (χ1) is 14.0. The molecule has 0 amide bonds. The van der Waals surface area contributed by atoms with E-state index in [0.29, 0.717) is 38.9 Å². The second kappa shape index (κ2) is 7.26. The maximum Gasteiger partial charge on any atom is 0.201 e. The molecule has 0 spiro atoms. The number of ketones is 2. The maximum atomic E-state index is 13.6. The number of hydrogen-bond acceptors (Lipinski definition) is 5. The molecule has 0 fully saturated rings. The minimum atomic E-state index is -1.63. The average Bonchev–Trinajstić information content (AvgIpc) is 2.97. The number of fused-ring (bicyclic) bond motifs is 1. The van der Waals surface area contributed by atoms with Crippen molar-refractivity contribution in [2.45, 2.75) is 5.54 Å². The van der Waals surface area contributed by atoms with Gasteiger partial charge in [-0.25, -0.2) is 0 Å². The number of anilines is 1. The number of benzene rings is 3. The molecule has 3 aromatic carbocycles. The molecule has 1 aliphatic rings. The summed E-state index contributed by atoms with van der Waals surface area (Å²) in [5.74, 6) is 0.439. The Kier molecular flexibility index (Phi) is 4.76. The SMILES string of the molecule is COc1ccc(C2(Nc3cc(Cl)ccc3OC)C(=O)c3ccccc3C2=O)cc1. The van der Waals surface area contributed by atoms with Crippen molar-refractivity contribution in [3.63, 3.8) is 0 Å². The Morgan fingerprint density at radius 2 is 1.45 bits per heavy atom. The van der Waals surface area contributed by atoms with E-state index in [-0.39, 0.29) is 11.6 Å². The minimum absolute atomic E-state index is 0.328. The Labute approximate surface area is 173 Å². The average molecular weight is 408 g/mol. The van der Waals surface area contributed by atoms with Gasteiger partial charge in [-0.1, -0.05) is 48.0 Å². The molecule has 0 unspecified atom stereocenters. The summed E-state index contributed by atoms with van der Waals surface area (Å²) in [5.41, 5.74) is 0.0777. The van der Waals surface area contributed by atoms with Crippen LogP contribution in [0.5, 0.6) is 11.5 Å². The molecule has 3 aromatic rings. The van der Waals surface area contributed by atoms with Gasteiger partial charge in [-0.2, -0.15) is 0 Å². The molecule has 0 saturated carbocycles. The molecule has 0 atom stereocenters. The number of Topliss-reactive ketones (excluding diaryl/α,β-unsaturated/α-hetero) is 2. The molecule has 146 valence electrons. The number of halogens is 1. The second-order valence-corrected chi connectivity index (χ2v) is 7.09. The molecule has 0 radical (unpaired) electrons. The zero-order chi connectivity index (χ0) is 20.6. The number of nitrogens with one attached hydrogen (secondary N) is 1. The van der Waals surface area contributed by atoms with E-state index < -0.39 is 5.54 Å². The zero-order valence-corrected chi connectivity index (χ0v) is 16.6. The Balaban J connectivity index is 1.93. The largest absolute Gasteiger partial charge is 0.497 e. The number of hydrogen-bond donors (Lipinski definition) is 1. The molecular weight excluding hydrogens is 390 g/mol. The molecule has 29 heavy (non-hydrogen) atoms. The van der Waals surface area contributed by atoms with Crippen molar-refractivity contribution in [2.75, 3.05) is 19.5 Å². The number of rotatable bonds is 5. The van der Waals surface area contributed by atoms with Crippen molar-refractivity contribution in [2.24, 2.45) is 0 Å². The lowest BCUT2D eigenvalue weighted by Crippen LogP contribution is -2.46. The fraction of sp³-hybridized carbons (Fsp3) is 0.130. The van der Waals surface area contributed by atoms with Crippen LogP contribution in [0, 0.1) is 0 Å². The second-order valence-electron chi connectivity index (χ2n) is 6.65. The standard InChI is InChI=1S/C23H18ClNO4/c1-28-16-10-7-14(8-11-16)23(25-19-13-15(24)9-12-20(19)29-2)21(26)17-5-3-4-6-18(17)22(23)27/h3-13,25H,1-2H3. The summed E-state index contributed by atoms with van der Waals surface area (Å²) in [6, 6.07) is 18.7. The van der Waals surface area contributed by atoms with Gasteiger partial charge in [-0.15, -0.1) is 0 Å². The third kappa shape index (κ3) is 2.95. The fourth-order valence-electron chi connectivity index (χ4n) is 3.66. The van der Waals surface area contributed by atoms with Crippen LogP contribution in [-0.2, 0) is 5.54 Å². The summed E-state index contributed by atoms with van der Waals surface area (Å²) in [5, 5.41) is 3.62. The molecule has 0 heterocycles. The van der Waals surface area contributed by atoms with Crippen LogP contribution in [0.3, 0.4) is 0 Å². The number of carbonyl (C=O) groups excluding carboxylic acids is 2. The Bertz CT molecular complexity index is 1070. The topological polar surface area (TPSA) is 64.6 Å². The lowest BCUT2D eigenvalue weighted by atomic mass is 9.84. The van der Waals surface area contributed by atoms with Gasteiger partial charge >= 0.3 is 0 Å². The molecule has 0 aromatic heterocycles. The van der Waals surface area contributed by atoms with E-state index in [1.807, 2.05) is 0 Å². The maximum absolute atomic E-state index is 13.6. The van der Waals surface area contributed by atoms with Gasteiger partial charge in [0.2, 0.25) is 11.6 Å². The van der Waals surface area contributed by atoms with Crippen LogP contribution in [0.2, 0.25) is 5.02 Å². The van der Waals surface area contributed by atoms with Crippen LogP contribution in [0.25, 0.3) is 0 Å². The molecule has 1 N–H and O–H groups in total. The number of ether oxygens (including phenoxy) is 2.